The average molecular weight is 276 g/mol. The number of ether oxygens (including phenoxy) is 2. The monoisotopic (exact) mass is 275 g/mol. The van der Waals surface area contributed by atoms with Gasteiger partial charge in [-0.2, -0.15) is 5.26 Å². The van der Waals surface area contributed by atoms with Crippen LogP contribution in [0.15, 0.2) is 30.3 Å². The van der Waals surface area contributed by atoms with E-state index in [0.717, 1.165) is 11.3 Å². The Balaban J connectivity index is 2.09. The van der Waals surface area contributed by atoms with Crippen molar-refractivity contribution in [2.45, 2.75) is 6.61 Å². The van der Waals surface area contributed by atoms with Crippen LogP contribution in [0.5, 0.6) is 11.5 Å². The number of hydrogen-bond acceptors (Lipinski definition) is 5. The predicted molar refractivity (Wildman–Crippen MR) is 69.1 cm³/mol. The first kappa shape index (κ1) is 13.1. The molecule has 19 heavy (non-hydrogen) atoms. The highest BCUT2D eigenvalue weighted by Gasteiger charge is 2.07. The number of methoxy groups -OCH3 is 1. The highest BCUT2D eigenvalue weighted by Crippen LogP contribution is 2.20. The van der Waals surface area contributed by atoms with Gasteiger partial charge in [-0.25, -0.2) is 0 Å². The van der Waals surface area contributed by atoms with Gasteiger partial charge in [-0.15, -0.1) is 10.2 Å². The minimum absolute atomic E-state index is 0.109. The van der Waals surface area contributed by atoms with Crippen LogP contribution < -0.4 is 9.47 Å². The predicted octanol–water partition coefficient (Wildman–Crippen LogP) is 2.59. The van der Waals surface area contributed by atoms with Crippen LogP contribution in [0.1, 0.15) is 11.3 Å². The zero-order valence-corrected chi connectivity index (χ0v) is 10.9. The van der Waals surface area contributed by atoms with Crippen LogP contribution >= 0.6 is 11.6 Å². The van der Waals surface area contributed by atoms with Crippen molar-refractivity contribution in [3.05, 3.63) is 46.7 Å². The molecule has 0 aliphatic heterocycles. The molecule has 0 aliphatic carbocycles. The van der Waals surface area contributed by atoms with Gasteiger partial charge in [0.15, 0.2) is 10.9 Å². The zero-order valence-electron chi connectivity index (χ0n) is 10.1. The summed E-state index contributed by atoms with van der Waals surface area (Å²) in [5.41, 5.74) is 1.05. The Morgan fingerprint density at radius 2 is 2.00 bits per heavy atom. The second-order valence-electron chi connectivity index (χ2n) is 3.63. The average Bonchev–Trinajstić information content (AvgIpc) is 2.46. The molecule has 1 heterocycles. The number of hydrogen-bond donors (Lipinski definition) is 0. The van der Waals surface area contributed by atoms with E-state index in [1.54, 1.807) is 7.11 Å². The summed E-state index contributed by atoms with van der Waals surface area (Å²) in [4.78, 5) is 0. The molecular weight excluding hydrogens is 266 g/mol. The van der Waals surface area contributed by atoms with E-state index in [-0.39, 0.29) is 10.8 Å². The van der Waals surface area contributed by atoms with E-state index < -0.39 is 0 Å². The summed E-state index contributed by atoms with van der Waals surface area (Å²) < 4.78 is 10.6. The number of halogens is 1. The molecule has 5 nitrogen and oxygen atoms in total. The molecule has 2 aromatic rings. The molecule has 0 bridgehead atoms. The standard InChI is InChI=1S/C13H10ClN3O2/c1-18-10-4-2-9(3-5-10)8-19-12-6-13(14)17-16-11(12)7-15/h2-6H,8H2,1H3. The van der Waals surface area contributed by atoms with Gasteiger partial charge < -0.3 is 9.47 Å². The summed E-state index contributed by atoms with van der Waals surface area (Å²) >= 11 is 5.72. The van der Waals surface area contributed by atoms with Gasteiger partial charge in [-0.05, 0) is 17.7 Å². The van der Waals surface area contributed by atoms with Gasteiger partial charge in [-0.3, -0.25) is 0 Å². The Morgan fingerprint density at radius 1 is 1.26 bits per heavy atom. The number of nitrogens with zero attached hydrogens (tertiary/aromatic N) is 3. The maximum Gasteiger partial charge on any atom is 0.204 e. The largest absolute Gasteiger partial charge is 0.497 e. The Hall–Kier alpha value is -2.32. The third-order valence-corrected chi connectivity index (χ3v) is 2.57. The van der Waals surface area contributed by atoms with E-state index in [9.17, 15) is 0 Å². The summed E-state index contributed by atoms with van der Waals surface area (Å²) in [7, 11) is 1.61. The highest BCUT2D eigenvalue weighted by molar-refractivity contribution is 6.29. The van der Waals surface area contributed by atoms with E-state index >= 15 is 0 Å². The van der Waals surface area contributed by atoms with Crippen LogP contribution in [0.4, 0.5) is 0 Å². The lowest BCUT2D eigenvalue weighted by molar-refractivity contribution is 0.303. The van der Waals surface area contributed by atoms with Gasteiger partial charge in [-0.1, -0.05) is 23.7 Å². The first-order valence-corrected chi connectivity index (χ1v) is 5.80. The summed E-state index contributed by atoms with van der Waals surface area (Å²) in [5.74, 6) is 1.09. The van der Waals surface area contributed by atoms with Crippen molar-refractivity contribution in [2.24, 2.45) is 0 Å². The summed E-state index contributed by atoms with van der Waals surface area (Å²) in [5, 5.41) is 16.3. The van der Waals surface area contributed by atoms with E-state index in [0.29, 0.717) is 12.4 Å². The SMILES string of the molecule is COc1ccc(COc2cc(Cl)nnc2C#N)cc1. The van der Waals surface area contributed by atoms with Crippen LogP contribution in [0.3, 0.4) is 0 Å². The first-order chi connectivity index (χ1) is 9.22. The van der Waals surface area contributed by atoms with Crippen LogP contribution in [0, 0.1) is 11.3 Å². The molecule has 0 spiro atoms. The van der Waals surface area contributed by atoms with Gasteiger partial charge in [0, 0.05) is 6.07 Å². The van der Waals surface area contributed by atoms with Crippen LogP contribution in [-0.2, 0) is 6.61 Å². The molecule has 0 atom stereocenters. The Morgan fingerprint density at radius 3 is 2.63 bits per heavy atom. The third kappa shape index (κ3) is 3.33. The third-order valence-electron chi connectivity index (χ3n) is 2.39. The van der Waals surface area contributed by atoms with Crippen LogP contribution in [0.25, 0.3) is 0 Å². The van der Waals surface area contributed by atoms with Crippen molar-refractivity contribution >= 4 is 11.6 Å². The fraction of sp³-hybridized carbons (Fsp3) is 0.154. The maximum absolute atomic E-state index is 8.88. The number of nitriles is 1. The minimum atomic E-state index is 0.109. The fourth-order valence-electron chi connectivity index (χ4n) is 1.42. The van der Waals surface area contributed by atoms with Crippen molar-refractivity contribution in [1.29, 1.82) is 5.26 Å². The van der Waals surface area contributed by atoms with Crippen molar-refractivity contribution in [3.63, 3.8) is 0 Å². The van der Waals surface area contributed by atoms with E-state index in [4.69, 9.17) is 26.3 Å². The number of aromatic nitrogens is 2. The molecule has 0 amide bonds. The second-order valence-corrected chi connectivity index (χ2v) is 4.02. The zero-order chi connectivity index (χ0) is 13.7. The quantitative estimate of drug-likeness (QED) is 0.858. The lowest BCUT2D eigenvalue weighted by atomic mass is 10.2. The molecule has 0 saturated heterocycles. The molecule has 6 heteroatoms. The van der Waals surface area contributed by atoms with Gasteiger partial charge in [0.05, 0.1) is 7.11 Å². The van der Waals surface area contributed by atoms with E-state index in [1.807, 2.05) is 30.3 Å². The van der Waals surface area contributed by atoms with E-state index in [2.05, 4.69) is 10.2 Å². The summed E-state index contributed by atoms with van der Waals surface area (Å²) in [6.45, 7) is 0.306. The lowest BCUT2D eigenvalue weighted by Gasteiger charge is -2.07. The molecule has 0 N–H and O–H groups in total. The lowest BCUT2D eigenvalue weighted by Crippen LogP contribution is -2.00. The number of benzene rings is 1. The molecule has 1 aromatic heterocycles. The molecule has 0 saturated carbocycles. The molecular formula is C13H10ClN3O2. The topological polar surface area (TPSA) is 68.0 Å². The molecule has 0 unspecified atom stereocenters. The van der Waals surface area contributed by atoms with Crippen molar-refractivity contribution in [2.75, 3.05) is 7.11 Å². The summed E-state index contributed by atoms with van der Waals surface area (Å²) in [6.07, 6.45) is 0. The van der Waals surface area contributed by atoms with Crippen LogP contribution in [0.2, 0.25) is 5.15 Å². The van der Waals surface area contributed by atoms with Gasteiger partial charge >= 0.3 is 0 Å². The molecule has 0 radical (unpaired) electrons. The number of rotatable bonds is 4. The normalized spacial score (nSPS) is 9.74. The molecule has 96 valence electrons. The van der Waals surface area contributed by atoms with Crippen molar-refractivity contribution in [1.82, 2.24) is 10.2 Å². The van der Waals surface area contributed by atoms with Gasteiger partial charge in [0.25, 0.3) is 0 Å². The van der Waals surface area contributed by atoms with Gasteiger partial charge in [0.1, 0.15) is 18.4 Å². The van der Waals surface area contributed by atoms with E-state index in [1.165, 1.54) is 6.07 Å². The highest BCUT2D eigenvalue weighted by atomic mass is 35.5. The smallest absolute Gasteiger partial charge is 0.204 e. The fourth-order valence-corrected chi connectivity index (χ4v) is 1.56. The Bertz CT molecular complexity index is 608. The van der Waals surface area contributed by atoms with Gasteiger partial charge in [0.2, 0.25) is 5.69 Å². The maximum atomic E-state index is 8.88. The minimum Gasteiger partial charge on any atom is -0.497 e. The second kappa shape index (κ2) is 6.03. The first-order valence-electron chi connectivity index (χ1n) is 5.42. The molecule has 1 aromatic carbocycles. The van der Waals surface area contributed by atoms with Crippen molar-refractivity contribution in [3.8, 4) is 17.6 Å². The van der Waals surface area contributed by atoms with Crippen molar-refractivity contribution < 1.29 is 9.47 Å². The molecule has 0 aliphatic rings. The van der Waals surface area contributed by atoms with Crippen LogP contribution in [-0.4, -0.2) is 17.3 Å². The Kier molecular flexibility index (Phi) is 4.16. The Labute approximate surface area is 115 Å². The molecule has 0 fully saturated rings. The summed E-state index contributed by atoms with van der Waals surface area (Å²) in [6, 6.07) is 10.8. The molecule has 2 rings (SSSR count).